The van der Waals surface area contributed by atoms with Crippen molar-refractivity contribution in [3.8, 4) is 0 Å². The lowest BCUT2D eigenvalue weighted by atomic mass is 10.1. The average Bonchev–Trinajstić information content (AvgIpc) is 2.91. The van der Waals surface area contributed by atoms with Crippen LogP contribution in [0, 0.1) is 0 Å². The summed E-state index contributed by atoms with van der Waals surface area (Å²) in [4.78, 5) is 7.00. The number of rotatable bonds is 8. The number of anilines is 1. The number of likely N-dealkylation sites (tertiary alicyclic amines) is 1. The summed E-state index contributed by atoms with van der Waals surface area (Å²) >= 11 is 0. The van der Waals surface area contributed by atoms with Gasteiger partial charge in [0.15, 0.2) is 0 Å². The maximum absolute atomic E-state index is 8.97. The topological polar surface area (TPSA) is 48.4 Å². The van der Waals surface area contributed by atoms with E-state index in [1.54, 1.807) is 0 Å². The Morgan fingerprint density at radius 3 is 3.05 bits per heavy atom. The molecule has 1 aliphatic rings. The molecule has 0 spiro atoms. The molecule has 0 aliphatic carbocycles. The number of hydrogen-bond acceptors (Lipinski definition) is 4. The van der Waals surface area contributed by atoms with Crippen LogP contribution in [0.25, 0.3) is 0 Å². The molecule has 1 aromatic heterocycles. The SMILES string of the molecule is CCCNc1ccc(CN2CCCC2CCCO)cn1. The fourth-order valence-corrected chi connectivity index (χ4v) is 2.87. The zero-order valence-corrected chi connectivity index (χ0v) is 12.5. The molecule has 0 bridgehead atoms. The van der Waals surface area contributed by atoms with E-state index in [1.807, 2.05) is 6.20 Å². The minimum atomic E-state index is 0.309. The van der Waals surface area contributed by atoms with Crippen molar-refractivity contribution in [2.75, 3.05) is 25.0 Å². The second-order valence-corrected chi connectivity index (χ2v) is 5.61. The molecule has 0 radical (unpaired) electrons. The molecule has 1 unspecified atom stereocenters. The maximum atomic E-state index is 8.97. The van der Waals surface area contributed by atoms with Crippen molar-refractivity contribution in [1.82, 2.24) is 9.88 Å². The molecule has 0 amide bonds. The average molecular weight is 277 g/mol. The normalized spacial score (nSPS) is 19.4. The third-order valence-electron chi connectivity index (χ3n) is 3.96. The van der Waals surface area contributed by atoms with Crippen molar-refractivity contribution >= 4 is 5.82 Å². The zero-order valence-electron chi connectivity index (χ0n) is 12.5. The van der Waals surface area contributed by atoms with Gasteiger partial charge in [-0.05, 0) is 50.3 Å². The predicted octanol–water partition coefficient (Wildman–Crippen LogP) is 2.64. The van der Waals surface area contributed by atoms with E-state index in [-0.39, 0.29) is 0 Å². The molecule has 0 aromatic carbocycles. The molecule has 0 saturated carbocycles. The number of aromatic nitrogens is 1. The van der Waals surface area contributed by atoms with Crippen LogP contribution in [0.3, 0.4) is 0 Å². The molecule has 1 aromatic rings. The summed E-state index contributed by atoms with van der Waals surface area (Å²) in [5.74, 6) is 0.967. The van der Waals surface area contributed by atoms with Gasteiger partial charge in [0, 0.05) is 31.9 Å². The van der Waals surface area contributed by atoms with Gasteiger partial charge >= 0.3 is 0 Å². The first-order chi connectivity index (χ1) is 9.83. The van der Waals surface area contributed by atoms with Gasteiger partial charge in [0.25, 0.3) is 0 Å². The minimum Gasteiger partial charge on any atom is -0.396 e. The third kappa shape index (κ3) is 4.46. The summed E-state index contributed by atoms with van der Waals surface area (Å²) in [6, 6.07) is 4.89. The van der Waals surface area contributed by atoms with Crippen LogP contribution in [-0.2, 0) is 6.54 Å². The van der Waals surface area contributed by atoms with Crippen LogP contribution in [0.2, 0.25) is 0 Å². The largest absolute Gasteiger partial charge is 0.396 e. The van der Waals surface area contributed by atoms with Crippen LogP contribution < -0.4 is 5.32 Å². The highest BCUT2D eigenvalue weighted by molar-refractivity contribution is 5.35. The Bertz CT molecular complexity index is 380. The Labute approximate surface area is 122 Å². The quantitative estimate of drug-likeness (QED) is 0.767. The lowest BCUT2D eigenvalue weighted by molar-refractivity contribution is 0.210. The second-order valence-electron chi connectivity index (χ2n) is 5.61. The number of nitrogens with one attached hydrogen (secondary N) is 1. The van der Waals surface area contributed by atoms with E-state index in [9.17, 15) is 0 Å². The molecule has 4 heteroatoms. The highest BCUT2D eigenvalue weighted by Crippen LogP contribution is 2.23. The van der Waals surface area contributed by atoms with Crippen molar-refractivity contribution in [1.29, 1.82) is 0 Å². The summed E-state index contributed by atoms with van der Waals surface area (Å²) in [5.41, 5.74) is 1.28. The summed E-state index contributed by atoms with van der Waals surface area (Å²) in [6.07, 6.45) is 7.67. The first-order valence-corrected chi connectivity index (χ1v) is 7.87. The standard InChI is InChI=1S/C16H27N3O/c1-2-9-17-16-8-7-14(12-18-16)13-19-10-3-5-15(19)6-4-11-20/h7-8,12,15,20H,2-6,9-11,13H2,1H3,(H,17,18). The molecule has 112 valence electrons. The predicted molar refractivity (Wildman–Crippen MR) is 82.8 cm³/mol. The van der Waals surface area contributed by atoms with Crippen molar-refractivity contribution in [3.05, 3.63) is 23.9 Å². The van der Waals surface area contributed by atoms with Gasteiger partial charge in [0.05, 0.1) is 0 Å². The van der Waals surface area contributed by atoms with E-state index < -0.39 is 0 Å². The van der Waals surface area contributed by atoms with Gasteiger partial charge in [-0.25, -0.2) is 4.98 Å². The number of pyridine rings is 1. The Morgan fingerprint density at radius 1 is 1.45 bits per heavy atom. The molecule has 1 atom stereocenters. The first kappa shape index (κ1) is 15.3. The molecule has 1 saturated heterocycles. The molecular formula is C16H27N3O. The number of aliphatic hydroxyl groups excluding tert-OH is 1. The molecular weight excluding hydrogens is 250 g/mol. The van der Waals surface area contributed by atoms with Crippen molar-refractivity contribution in [2.24, 2.45) is 0 Å². The van der Waals surface area contributed by atoms with E-state index >= 15 is 0 Å². The van der Waals surface area contributed by atoms with Gasteiger partial charge < -0.3 is 10.4 Å². The van der Waals surface area contributed by atoms with E-state index in [1.165, 1.54) is 24.9 Å². The Balaban J connectivity index is 1.85. The van der Waals surface area contributed by atoms with E-state index in [2.05, 4.69) is 34.3 Å². The number of hydrogen-bond donors (Lipinski definition) is 2. The van der Waals surface area contributed by atoms with Crippen LogP contribution >= 0.6 is 0 Å². The number of aliphatic hydroxyl groups is 1. The second kappa shape index (κ2) is 8.22. The van der Waals surface area contributed by atoms with E-state index in [0.717, 1.165) is 38.2 Å². The van der Waals surface area contributed by atoms with E-state index in [4.69, 9.17) is 5.11 Å². The fourth-order valence-electron chi connectivity index (χ4n) is 2.87. The van der Waals surface area contributed by atoms with Gasteiger partial charge in [-0.2, -0.15) is 0 Å². The molecule has 2 heterocycles. The molecule has 2 N–H and O–H groups in total. The lowest BCUT2D eigenvalue weighted by Crippen LogP contribution is -2.29. The number of nitrogens with zero attached hydrogens (tertiary/aromatic N) is 2. The summed E-state index contributed by atoms with van der Waals surface area (Å²) < 4.78 is 0. The zero-order chi connectivity index (χ0) is 14.2. The molecule has 20 heavy (non-hydrogen) atoms. The Morgan fingerprint density at radius 2 is 2.35 bits per heavy atom. The van der Waals surface area contributed by atoms with Crippen molar-refractivity contribution in [2.45, 2.75) is 51.6 Å². The fraction of sp³-hybridized carbons (Fsp3) is 0.688. The summed E-state index contributed by atoms with van der Waals surface area (Å²) in [5, 5.41) is 12.3. The smallest absolute Gasteiger partial charge is 0.125 e. The Hall–Kier alpha value is -1.13. The molecule has 2 rings (SSSR count). The molecule has 4 nitrogen and oxygen atoms in total. The van der Waals surface area contributed by atoms with Crippen LogP contribution in [0.1, 0.15) is 44.6 Å². The van der Waals surface area contributed by atoms with Crippen LogP contribution in [0.4, 0.5) is 5.82 Å². The highest BCUT2D eigenvalue weighted by atomic mass is 16.2. The summed E-state index contributed by atoms with van der Waals surface area (Å²) in [7, 11) is 0. The summed E-state index contributed by atoms with van der Waals surface area (Å²) in [6.45, 7) is 5.59. The lowest BCUT2D eigenvalue weighted by Gasteiger charge is -2.24. The molecule has 1 aliphatic heterocycles. The van der Waals surface area contributed by atoms with Crippen molar-refractivity contribution in [3.63, 3.8) is 0 Å². The van der Waals surface area contributed by atoms with Crippen molar-refractivity contribution < 1.29 is 5.11 Å². The Kier molecular flexibility index (Phi) is 6.27. The molecule has 1 fully saturated rings. The first-order valence-electron chi connectivity index (χ1n) is 7.87. The van der Waals surface area contributed by atoms with Gasteiger partial charge in [-0.15, -0.1) is 0 Å². The monoisotopic (exact) mass is 277 g/mol. The van der Waals surface area contributed by atoms with Crippen LogP contribution in [0.15, 0.2) is 18.3 Å². The third-order valence-corrected chi connectivity index (χ3v) is 3.96. The maximum Gasteiger partial charge on any atom is 0.125 e. The van der Waals surface area contributed by atoms with E-state index in [0.29, 0.717) is 12.6 Å². The van der Waals surface area contributed by atoms with Gasteiger partial charge in [-0.3, -0.25) is 4.90 Å². The highest BCUT2D eigenvalue weighted by Gasteiger charge is 2.23. The van der Waals surface area contributed by atoms with Gasteiger partial charge in [0.1, 0.15) is 5.82 Å². The van der Waals surface area contributed by atoms with Crippen LogP contribution in [0.5, 0.6) is 0 Å². The van der Waals surface area contributed by atoms with Crippen LogP contribution in [-0.4, -0.2) is 40.7 Å². The van der Waals surface area contributed by atoms with Gasteiger partial charge in [-0.1, -0.05) is 13.0 Å². The van der Waals surface area contributed by atoms with Gasteiger partial charge in [0.2, 0.25) is 0 Å². The minimum absolute atomic E-state index is 0.309.